The Kier molecular flexibility index (Phi) is 8.77. The second-order valence-electron chi connectivity index (χ2n) is 3.99. The van der Waals surface area contributed by atoms with E-state index in [2.05, 4.69) is 13.2 Å². The van der Waals surface area contributed by atoms with Crippen LogP contribution in [0.5, 0.6) is 0 Å². The second-order valence-corrected chi connectivity index (χ2v) is 3.99. The van der Waals surface area contributed by atoms with Gasteiger partial charge in [-0.1, -0.05) is 12.2 Å². The van der Waals surface area contributed by atoms with Crippen molar-refractivity contribution in [2.75, 3.05) is 0 Å². The van der Waals surface area contributed by atoms with E-state index in [1.54, 1.807) is 12.2 Å². The third kappa shape index (κ3) is 8.38. The molecule has 2 N–H and O–H groups in total. The maximum Gasteiger partial charge on any atom is 0.138 e. The molecule has 2 atom stereocenters. The molecule has 2 unspecified atom stereocenters. The number of aliphatic hydroxyl groups excluding tert-OH is 2. The highest BCUT2D eigenvalue weighted by Crippen LogP contribution is 2.08. The molecule has 0 amide bonds. The number of hydrogen-bond donors (Lipinski definition) is 2. The van der Waals surface area contributed by atoms with Crippen LogP contribution >= 0.6 is 0 Å². The van der Waals surface area contributed by atoms with Crippen LogP contribution in [0.15, 0.2) is 25.3 Å². The molecule has 0 aromatic carbocycles. The summed E-state index contributed by atoms with van der Waals surface area (Å²) in [5, 5.41) is 18.9. The van der Waals surface area contributed by atoms with Gasteiger partial charge in [0.25, 0.3) is 0 Å². The highest BCUT2D eigenvalue weighted by molar-refractivity contribution is 5.79. The molecule has 0 saturated carbocycles. The van der Waals surface area contributed by atoms with Gasteiger partial charge in [-0.05, 0) is 25.7 Å². The number of carbonyl (C=O) groups excluding carboxylic acids is 1. The zero-order valence-corrected chi connectivity index (χ0v) is 9.77. The fraction of sp³-hybridized carbons (Fsp3) is 0.615. The molecule has 3 heteroatoms. The molecule has 0 rings (SSSR count). The van der Waals surface area contributed by atoms with Gasteiger partial charge in [0, 0.05) is 12.8 Å². The van der Waals surface area contributed by atoms with Gasteiger partial charge in [-0.25, -0.2) is 0 Å². The van der Waals surface area contributed by atoms with Crippen LogP contribution < -0.4 is 0 Å². The smallest absolute Gasteiger partial charge is 0.138 e. The normalized spacial score (nSPS) is 14.1. The Morgan fingerprint density at radius 3 is 1.69 bits per heavy atom. The molecule has 92 valence electrons. The van der Waals surface area contributed by atoms with Crippen molar-refractivity contribution in [3.8, 4) is 0 Å². The van der Waals surface area contributed by atoms with Crippen LogP contribution in [0.3, 0.4) is 0 Å². The average molecular weight is 226 g/mol. The Hall–Kier alpha value is -0.930. The van der Waals surface area contributed by atoms with Gasteiger partial charge in [-0.2, -0.15) is 0 Å². The summed E-state index contributed by atoms with van der Waals surface area (Å²) in [4.78, 5) is 11.4. The number of rotatable bonds is 10. The van der Waals surface area contributed by atoms with Gasteiger partial charge < -0.3 is 10.2 Å². The van der Waals surface area contributed by atoms with Crippen molar-refractivity contribution in [2.45, 2.75) is 50.7 Å². The first-order valence-corrected chi connectivity index (χ1v) is 5.69. The van der Waals surface area contributed by atoms with Crippen LogP contribution in [0.1, 0.15) is 38.5 Å². The highest BCUT2D eigenvalue weighted by Gasteiger charge is 2.14. The number of carbonyl (C=O) groups is 1. The monoisotopic (exact) mass is 226 g/mol. The first-order valence-electron chi connectivity index (χ1n) is 5.69. The lowest BCUT2D eigenvalue weighted by Crippen LogP contribution is -2.18. The van der Waals surface area contributed by atoms with E-state index in [0.29, 0.717) is 25.7 Å². The van der Waals surface area contributed by atoms with Gasteiger partial charge in [-0.3, -0.25) is 4.79 Å². The lowest BCUT2D eigenvalue weighted by Gasteiger charge is -2.11. The fourth-order valence-electron chi connectivity index (χ4n) is 1.43. The van der Waals surface area contributed by atoms with Gasteiger partial charge in [0.2, 0.25) is 0 Å². The molecule has 0 aliphatic heterocycles. The molecule has 3 nitrogen and oxygen atoms in total. The first-order chi connectivity index (χ1) is 7.60. The third-order valence-corrected chi connectivity index (χ3v) is 2.33. The van der Waals surface area contributed by atoms with Crippen molar-refractivity contribution < 1.29 is 15.0 Å². The summed E-state index contributed by atoms with van der Waals surface area (Å²) < 4.78 is 0. The Balaban J connectivity index is 3.70. The van der Waals surface area contributed by atoms with E-state index in [1.165, 1.54) is 0 Å². The molecule has 0 radical (unpaired) electrons. The first kappa shape index (κ1) is 15.1. The molecular formula is C13H22O3. The quantitative estimate of drug-likeness (QED) is 0.560. The van der Waals surface area contributed by atoms with Gasteiger partial charge in [0.15, 0.2) is 0 Å². The topological polar surface area (TPSA) is 57.5 Å². The fourth-order valence-corrected chi connectivity index (χ4v) is 1.43. The molecule has 0 aromatic heterocycles. The molecule has 0 aromatic rings. The van der Waals surface area contributed by atoms with Crippen molar-refractivity contribution in [2.24, 2.45) is 0 Å². The number of hydrogen-bond acceptors (Lipinski definition) is 3. The molecule has 0 fully saturated rings. The summed E-state index contributed by atoms with van der Waals surface area (Å²) in [6, 6.07) is 0. The summed E-state index contributed by atoms with van der Waals surface area (Å²) in [6.45, 7) is 7.10. The molecular weight excluding hydrogens is 204 g/mol. The Morgan fingerprint density at radius 2 is 1.38 bits per heavy atom. The van der Waals surface area contributed by atoms with E-state index in [9.17, 15) is 15.0 Å². The summed E-state index contributed by atoms with van der Waals surface area (Å²) in [5.41, 5.74) is 0. The molecule has 0 spiro atoms. The van der Waals surface area contributed by atoms with E-state index in [1.807, 2.05) is 0 Å². The Bertz CT molecular complexity index is 201. The van der Waals surface area contributed by atoms with Crippen LogP contribution in [0.2, 0.25) is 0 Å². The van der Waals surface area contributed by atoms with Crippen LogP contribution in [0.25, 0.3) is 0 Å². The van der Waals surface area contributed by atoms with Crippen LogP contribution in [0.4, 0.5) is 0 Å². The lowest BCUT2D eigenvalue weighted by molar-refractivity contribution is -0.122. The van der Waals surface area contributed by atoms with E-state index < -0.39 is 12.2 Å². The van der Waals surface area contributed by atoms with Crippen molar-refractivity contribution in [3.05, 3.63) is 25.3 Å². The minimum atomic E-state index is -0.614. The predicted molar refractivity (Wildman–Crippen MR) is 65.1 cm³/mol. The third-order valence-electron chi connectivity index (χ3n) is 2.33. The van der Waals surface area contributed by atoms with Crippen LogP contribution in [0, 0.1) is 0 Å². The maximum absolute atomic E-state index is 11.4. The Labute approximate surface area is 97.5 Å². The van der Waals surface area contributed by atoms with Gasteiger partial charge in [0.05, 0.1) is 12.2 Å². The number of ketones is 1. The second kappa shape index (κ2) is 9.31. The van der Waals surface area contributed by atoms with Crippen LogP contribution in [-0.2, 0) is 4.79 Å². The minimum Gasteiger partial charge on any atom is -0.393 e. The molecule has 16 heavy (non-hydrogen) atoms. The van der Waals surface area contributed by atoms with Gasteiger partial charge >= 0.3 is 0 Å². The summed E-state index contributed by atoms with van der Waals surface area (Å²) in [7, 11) is 0. The molecule has 0 heterocycles. The zero-order chi connectivity index (χ0) is 12.4. The van der Waals surface area contributed by atoms with Gasteiger partial charge in [-0.15, -0.1) is 13.2 Å². The van der Waals surface area contributed by atoms with Crippen LogP contribution in [-0.4, -0.2) is 28.2 Å². The molecule has 0 saturated heterocycles. The number of allylic oxidation sites excluding steroid dienone is 2. The SMILES string of the molecule is C=CCCC(O)CC(=O)CC(O)CCC=C. The van der Waals surface area contributed by atoms with Crippen molar-refractivity contribution in [3.63, 3.8) is 0 Å². The maximum atomic E-state index is 11.4. The van der Waals surface area contributed by atoms with E-state index >= 15 is 0 Å². The minimum absolute atomic E-state index is 0.0897. The number of aliphatic hydroxyl groups is 2. The highest BCUT2D eigenvalue weighted by atomic mass is 16.3. The lowest BCUT2D eigenvalue weighted by atomic mass is 10.0. The predicted octanol–water partition coefficient (Wildman–Crippen LogP) is 1.99. The zero-order valence-electron chi connectivity index (χ0n) is 9.77. The van der Waals surface area contributed by atoms with E-state index in [-0.39, 0.29) is 18.6 Å². The van der Waals surface area contributed by atoms with Crippen molar-refractivity contribution >= 4 is 5.78 Å². The number of Topliss-reactive ketones (excluding diaryl/α,β-unsaturated/α-hetero) is 1. The van der Waals surface area contributed by atoms with Crippen molar-refractivity contribution in [1.29, 1.82) is 0 Å². The van der Waals surface area contributed by atoms with E-state index in [0.717, 1.165) is 0 Å². The largest absolute Gasteiger partial charge is 0.393 e. The summed E-state index contributed by atoms with van der Waals surface area (Å²) in [6.07, 6.45) is 4.96. The summed E-state index contributed by atoms with van der Waals surface area (Å²) >= 11 is 0. The Morgan fingerprint density at radius 1 is 1.00 bits per heavy atom. The average Bonchev–Trinajstić information content (AvgIpc) is 2.23. The molecule has 0 aliphatic rings. The van der Waals surface area contributed by atoms with E-state index in [4.69, 9.17) is 0 Å². The van der Waals surface area contributed by atoms with Crippen molar-refractivity contribution in [1.82, 2.24) is 0 Å². The summed E-state index contributed by atoms with van der Waals surface area (Å²) in [5.74, 6) is -0.0897. The standard InChI is InChI=1S/C13H22O3/c1-3-5-7-11(14)9-13(16)10-12(15)8-6-4-2/h3-4,11-12,14-15H,1-2,5-10H2. The molecule has 0 aliphatic carbocycles. The van der Waals surface area contributed by atoms with Gasteiger partial charge in [0.1, 0.15) is 5.78 Å². The molecule has 0 bridgehead atoms.